The summed E-state index contributed by atoms with van der Waals surface area (Å²) < 4.78 is 33.0. The van der Waals surface area contributed by atoms with Gasteiger partial charge in [-0.2, -0.15) is 17.4 Å². The van der Waals surface area contributed by atoms with Crippen LogP contribution in [0, 0.1) is 0 Å². The normalized spacial score (nSPS) is 35.5. The molecule has 6 nitrogen and oxygen atoms in total. The number of nitrogens with zero attached hydrogens (tertiary/aromatic N) is 1. The van der Waals surface area contributed by atoms with Crippen molar-refractivity contribution in [3.05, 3.63) is 0 Å². The monoisotopic (exact) mass is 264 g/mol. The van der Waals surface area contributed by atoms with E-state index in [1.807, 2.05) is 0 Å². The van der Waals surface area contributed by atoms with E-state index in [9.17, 15) is 13.5 Å². The van der Waals surface area contributed by atoms with E-state index in [-0.39, 0.29) is 12.6 Å². The van der Waals surface area contributed by atoms with Crippen molar-refractivity contribution in [2.24, 2.45) is 0 Å². The van der Waals surface area contributed by atoms with E-state index >= 15 is 0 Å². The predicted molar refractivity (Wildman–Crippen MR) is 62.7 cm³/mol. The van der Waals surface area contributed by atoms with Gasteiger partial charge >= 0.3 is 0 Å². The first-order chi connectivity index (χ1) is 7.94. The fraction of sp³-hybridized carbons (Fsp3) is 1.00. The summed E-state index contributed by atoms with van der Waals surface area (Å²) in [5.41, 5.74) is -1.08. The molecule has 2 unspecified atom stereocenters. The van der Waals surface area contributed by atoms with Crippen LogP contribution >= 0.6 is 0 Å². The Morgan fingerprint density at radius 2 is 2.12 bits per heavy atom. The zero-order valence-electron chi connectivity index (χ0n) is 10.1. The SMILES string of the molecule is CC1OCCC1(O)CNS(=O)(=O)N1CCCC1. The van der Waals surface area contributed by atoms with Crippen molar-refractivity contribution < 1.29 is 18.3 Å². The van der Waals surface area contributed by atoms with Gasteiger partial charge in [0.25, 0.3) is 10.2 Å². The molecule has 0 aromatic rings. The highest BCUT2D eigenvalue weighted by Gasteiger charge is 2.40. The second-order valence-corrected chi connectivity index (χ2v) is 6.55. The van der Waals surface area contributed by atoms with Gasteiger partial charge in [-0.05, 0) is 19.8 Å². The van der Waals surface area contributed by atoms with E-state index in [0.717, 1.165) is 12.8 Å². The minimum atomic E-state index is -3.44. The summed E-state index contributed by atoms with van der Waals surface area (Å²) in [7, 11) is -3.44. The lowest BCUT2D eigenvalue weighted by molar-refractivity contribution is -0.0230. The number of nitrogens with one attached hydrogen (secondary N) is 1. The second kappa shape index (κ2) is 4.81. The average molecular weight is 264 g/mol. The predicted octanol–water partition coefficient (Wildman–Crippen LogP) is -0.543. The van der Waals surface area contributed by atoms with Gasteiger partial charge in [-0.25, -0.2) is 0 Å². The Kier molecular flexibility index (Phi) is 3.74. The summed E-state index contributed by atoms with van der Waals surface area (Å²) in [6, 6.07) is 0. The van der Waals surface area contributed by atoms with Crippen molar-refractivity contribution in [2.75, 3.05) is 26.2 Å². The lowest BCUT2D eigenvalue weighted by atomic mass is 9.97. The Morgan fingerprint density at radius 1 is 1.47 bits per heavy atom. The number of hydrogen-bond acceptors (Lipinski definition) is 4. The van der Waals surface area contributed by atoms with Crippen LogP contribution in [0.15, 0.2) is 0 Å². The van der Waals surface area contributed by atoms with Crippen LogP contribution in [0.4, 0.5) is 0 Å². The second-order valence-electron chi connectivity index (χ2n) is 4.80. The highest BCUT2D eigenvalue weighted by Crippen LogP contribution is 2.25. The highest BCUT2D eigenvalue weighted by molar-refractivity contribution is 7.87. The lowest BCUT2D eigenvalue weighted by Crippen LogP contribution is -2.50. The van der Waals surface area contributed by atoms with Gasteiger partial charge in [-0.15, -0.1) is 0 Å². The topological polar surface area (TPSA) is 78.9 Å². The zero-order valence-corrected chi connectivity index (χ0v) is 10.9. The first-order valence-corrected chi connectivity index (χ1v) is 7.47. The Morgan fingerprint density at radius 3 is 2.65 bits per heavy atom. The van der Waals surface area contributed by atoms with Crippen molar-refractivity contribution in [1.29, 1.82) is 0 Å². The number of hydrogen-bond donors (Lipinski definition) is 2. The molecule has 2 rings (SSSR count). The molecular formula is C10H20N2O4S. The van der Waals surface area contributed by atoms with Crippen LogP contribution in [0.3, 0.4) is 0 Å². The molecule has 2 aliphatic rings. The third kappa shape index (κ3) is 2.79. The molecule has 0 spiro atoms. The minimum Gasteiger partial charge on any atom is -0.386 e. The van der Waals surface area contributed by atoms with E-state index in [1.54, 1.807) is 6.92 Å². The molecule has 0 bridgehead atoms. The maximum absolute atomic E-state index is 11.9. The van der Waals surface area contributed by atoms with Gasteiger partial charge in [0, 0.05) is 32.7 Å². The van der Waals surface area contributed by atoms with Crippen LogP contribution in [0.1, 0.15) is 26.2 Å². The Bertz CT molecular complexity index is 367. The molecule has 0 aromatic heterocycles. The number of aliphatic hydroxyl groups is 1. The van der Waals surface area contributed by atoms with Crippen LogP contribution in [0.2, 0.25) is 0 Å². The largest absolute Gasteiger partial charge is 0.386 e. The molecule has 2 saturated heterocycles. The van der Waals surface area contributed by atoms with Crippen molar-refractivity contribution in [3.63, 3.8) is 0 Å². The lowest BCUT2D eigenvalue weighted by Gasteiger charge is -2.27. The van der Waals surface area contributed by atoms with Crippen molar-refractivity contribution in [3.8, 4) is 0 Å². The number of ether oxygens (including phenoxy) is 1. The molecule has 2 fully saturated rings. The molecule has 0 aliphatic carbocycles. The summed E-state index contributed by atoms with van der Waals surface area (Å²) in [5.74, 6) is 0. The van der Waals surface area contributed by atoms with E-state index in [2.05, 4.69) is 4.72 Å². The quantitative estimate of drug-likeness (QED) is 0.714. The van der Waals surface area contributed by atoms with E-state index in [0.29, 0.717) is 26.1 Å². The minimum absolute atomic E-state index is 0.0208. The van der Waals surface area contributed by atoms with Gasteiger partial charge in [-0.1, -0.05) is 0 Å². The van der Waals surface area contributed by atoms with Crippen LogP contribution < -0.4 is 4.72 Å². The zero-order chi connectivity index (χ0) is 12.5. The van der Waals surface area contributed by atoms with Crippen LogP contribution in [0.25, 0.3) is 0 Å². The maximum Gasteiger partial charge on any atom is 0.279 e. The first-order valence-electron chi connectivity index (χ1n) is 6.03. The Hall–Kier alpha value is -0.210. The summed E-state index contributed by atoms with van der Waals surface area (Å²) in [5, 5.41) is 10.2. The van der Waals surface area contributed by atoms with E-state index < -0.39 is 15.8 Å². The number of rotatable bonds is 4. The Labute approximate surface area is 102 Å². The third-order valence-electron chi connectivity index (χ3n) is 3.63. The van der Waals surface area contributed by atoms with Gasteiger partial charge in [-0.3, -0.25) is 0 Å². The average Bonchev–Trinajstić information content (AvgIpc) is 2.88. The van der Waals surface area contributed by atoms with E-state index in [4.69, 9.17) is 4.74 Å². The molecule has 0 saturated carbocycles. The molecule has 0 radical (unpaired) electrons. The molecular weight excluding hydrogens is 244 g/mol. The van der Waals surface area contributed by atoms with Crippen LogP contribution in [-0.4, -0.2) is 55.8 Å². The highest BCUT2D eigenvalue weighted by atomic mass is 32.2. The smallest absolute Gasteiger partial charge is 0.279 e. The van der Waals surface area contributed by atoms with Crippen molar-refractivity contribution >= 4 is 10.2 Å². The molecule has 2 heterocycles. The summed E-state index contributed by atoms with van der Waals surface area (Å²) in [4.78, 5) is 0. The molecule has 100 valence electrons. The Balaban J connectivity index is 1.93. The molecule has 17 heavy (non-hydrogen) atoms. The molecule has 2 aliphatic heterocycles. The maximum atomic E-state index is 11.9. The summed E-state index contributed by atoms with van der Waals surface area (Å²) in [6.07, 6.45) is 1.95. The fourth-order valence-corrected chi connectivity index (χ4v) is 3.59. The van der Waals surface area contributed by atoms with Crippen LogP contribution in [0.5, 0.6) is 0 Å². The van der Waals surface area contributed by atoms with E-state index in [1.165, 1.54) is 4.31 Å². The molecule has 0 amide bonds. The third-order valence-corrected chi connectivity index (χ3v) is 5.18. The van der Waals surface area contributed by atoms with Gasteiger partial charge in [0.05, 0.1) is 6.10 Å². The molecule has 7 heteroatoms. The van der Waals surface area contributed by atoms with Gasteiger partial charge in [0.2, 0.25) is 0 Å². The standard InChI is InChI=1S/C10H20N2O4S/c1-9-10(13,4-7-16-9)8-11-17(14,15)12-5-2-3-6-12/h9,11,13H,2-8H2,1H3. The van der Waals surface area contributed by atoms with Gasteiger partial charge in [0.1, 0.15) is 5.60 Å². The van der Waals surface area contributed by atoms with Crippen molar-refractivity contribution in [2.45, 2.75) is 37.9 Å². The fourth-order valence-electron chi connectivity index (χ4n) is 2.24. The van der Waals surface area contributed by atoms with Crippen molar-refractivity contribution in [1.82, 2.24) is 9.03 Å². The first kappa shape index (κ1) is 13.2. The van der Waals surface area contributed by atoms with Crippen LogP contribution in [-0.2, 0) is 14.9 Å². The summed E-state index contributed by atoms with van der Waals surface area (Å²) in [6.45, 7) is 3.40. The molecule has 2 atom stereocenters. The molecule has 2 N–H and O–H groups in total. The van der Waals surface area contributed by atoms with Gasteiger partial charge in [0.15, 0.2) is 0 Å². The molecule has 0 aromatic carbocycles. The summed E-state index contributed by atoms with van der Waals surface area (Å²) >= 11 is 0. The van der Waals surface area contributed by atoms with Gasteiger partial charge < -0.3 is 9.84 Å².